The van der Waals surface area contributed by atoms with Crippen LogP contribution < -0.4 is 0 Å². The molecule has 0 bridgehead atoms. The molecule has 0 radical (unpaired) electrons. The van der Waals surface area contributed by atoms with Gasteiger partial charge < -0.3 is 4.90 Å². The number of hydrogen-bond donors (Lipinski definition) is 0. The number of benzene rings is 1. The predicted octanol–water partition coefficient (Wildman–Crippen LogP) is 2.92. The van der Waals surface area contributed by atoms with Crippen LogP contribution in [0.5, 0.6) is 0 Å². The zero-order valence-corrected chi connectivity index (χ0v) is 12.6. The standard InChI is InChI=1S/C15H21NO2S/c1-4-16(5-2)15(18)14(19-11-12(3)17)13-9-7-6-8-10-13/h6-10,14H,4-5,11H2,1-3H3/t14-/m0/s1. The molecule has 0 saturated carbocycles. The zero-order chi connectivity index (χ0) is 14.3. The molecule has 0 aromatic heterocycles. The van der Waals surface area contributed by atoms with Gasteiger partial charge in [0.05, 0.1) is 5.75 Å². The van der Waals surface area contributed by atoms with Crippen LogP contribution in [0.25, 0.3) is 0 Å². The summed E-state index contributed by atoms with van der Waals surface area (Å²) in [5, 5.41) is -0.287. The maximum atomic E-state index is 12.5. The van der Waals surface area contributed by atoms with Crippen molar-refractivity contribution in [3.05, 3.63) is 35.9 Å². The molecule has 104 valence electrons. The molecule has 0 aliphatic rings. The van der Waals surface area contributed by atoms with Crippen LogP contribution in [-0.2, 0) is 9.59 Å². The molecule has 1 aromatic carbocycles. The van der Waals surface area contributed by atoms with Crippen LogP contribution in [0, 0.1) is 0 Å². The van der Waals surface area contributed by atoms with Crippen molar-refractivity contribution in [1.82, 2.24) is 4.90 Å². The van der Waals surface area contributed by atoms with Gasteiger partial charge in [-0.3, -0.25) is 9.59 Å². The Labute approximate surface area is 119 Å². The number of amides is 1. The second kappa shape index (κ2) is 8.00. The van der Waals surface area contributed by atoms with Gasteiger partial charge in [-0.05, 0) is 26.3 Å². The molecule has 0 unspecified atom stereocenters. The maximum absolute atomic E-state index is 12.5. The van der Waals surface area contributed by atoms with Crippen molar-refractivity contribution in [2.75, 3.05) is 18.8 Å². The molecule has 0 N–H and O–H groups in total. The zero-order valence-electron chi connectivity index (χ0n) is 11.8. The topological polar surface area (TPSA) is 37.4 Å². The summed E-state index contributed by atoms with van der Waals surface area (Å²) in [7, 11) is 0. The summed E-state index contributed by atoms with van der Waals surface area (Å²) in [5.74, 6) is 0.549. The van der Waals surface area contributed by atoms with Crippen molar-refractivity contribution in [1.29, 1.82) is 0 Å². The minimum atomic E-state index is -0.287. The summed E-state index contributed by atoms with van der Waals surface area (Å²) in [6, 6.07) is 9.66. The highest BCUT2D eigenvalue weighted by molar-refractivity contribution is 8.00. The molecule has 0 saturated heterocycles. The van der Waals surface area contributed by atoms with E-state index in [1.165, 1.54) is 11.8 Å². The van der Waals surface area contributed by atoms with E-state index in [9.17, 15) is 9.59 Å². The van der Waals surface area contributed by atoms with E-state index < -0.39 is 0 Å². The van der Waals surface area contributed by atoms with Gasteiger partial charge >= 0.3 is 0 Å². The molecule has 4 heteroatoms. The van der Waals surface area contributed by atoms with E-state index in [4.69, 9.17) is 0 Å². The first-order valence-electron chi connectivity index (χ1n) is 6.54. The minimum Gasteiger partial charge on any atom is -0.342 e. The van der Waals surface area contributed by atoms with Crippen LogP contribution >= 0.6 is 11.8 Å². The predicted molar refractivity (Wildman–Crippen MR) is 80.3 cm³/mol. The van der Waals surface area contributed by atoms with Crippen LogP contribution in [0.15, 0.2) is 30.3 Å². The summed E-state index contributed by atoms with van der Waals surface area (Å²) >= 11 is 1.41. The number of hydrogen-bond acceptors (Lipinski definition) is 3. The van der Waals surface area contributed by atoms with Crippen LogP contribution in [0.1, 0.15) is 31.6 Å². The van der Waals surface area contributed by atoms with Crippen molar-refractivity contribution >= 4 is 23.5 Å². The second-order valence-electron chi connectivity index (χ2n) is 4.31. The molecule has 1 amide bonds. The van der Waals surface area contributed by atoms with Crippen molar-refractivity contribution in [3.63, 3.8) is 0 Å². The number of nitrogens with zero attached hydrogens (tertiary/aromatic N) is 1. The summed E-state index contributed by atoms with van der Waals surface area (Å²) in [5.41, 5.74) is 0.964. The molecule has 0 aliphatic carbocycles. The van der Waals surface area contributed by atoms with E-state index in [0.717, 1.165) is 5.56 Å². The fraction of sp³-hybridized carbons (Fsp3) is 0.467. The van der Waals surface area contributed by atoms with Crippen molar-refractivity contribution in [2.24, 2.45) is 0 Å². The first-order valence-corrected chi connectivity index (χ1v) is 7.59. The fourth-order valence-electron chi connectivity index (χ4n) is 1.84. The van der Waals surface area contributed by atoms with Gasteiger partial charge in [0.2, 0.25) is 5.91 Å². The number of thioether (sulfide) groups is 1. The number of rotatable bonds is 7. The summed E-state index contributed by atoms with van der Waals surface area (Å²) in [6.07, 6.45) is 0. The molecular formula is C15H21NO2S. The Morgan fingerprint density at radius 3 is 2.21 bits per heavy atom. The first kappa shape index (κ1) is 15.8. The lowest BCUT2D eigenvalue weighted by atomic mass is 10.1. The van der Waals surface area contributed by atoms with Crippen molar-refractivity contribution < 1.29 is 9.59 Å². The Morgan fingerprint density at radius 1 is 1.16 bits per heavy atom. The number of Topliss-reactive ketones (excluding diaryl/α,β-unsaturated/α-hetero) is 1. The normalized spacial score (nSPS) is 11.9. The van der Waals surface area contributed by atoms with Crippen LogP contribution in [0.2, 0.25) is 0 Å². The molecule has 19 heavy (non-hydrogen) atoms. The summed E-state index contributed by atoms with van der Waals surface area (Å²) in [4.78, 5) is 25.5. The van der Waals surface area contributed by atoms with E-state index in [0.29, 0.717) is 18.8 Å². The van der Waals surface area contributed by atoms with Gasteiger partial charge in [-0.1, -0.05) is 30.3 Å². The van der Waals surface area contributed by atoms with Crippen molar-refractivity contribution in [3.8, 4) is 0 Å². The van der Waals surface area contributed by atoms with Gasteiger partial charge in [-0.15, -0.1) is 11.8 Å². The van der Waals surface area contributed by atoms with Crippen molar-refractivity contribution in [2.45, 2.75) is 26.0 Å². The molecule has 1 aromatic rings. The third-order valence-corrected chi connectivity index (χ3v) is 4.24. The number of likely N-dealkylation sites (N-methyl/N-ethyl adjacent to an activating group) is 1. The van der Waals surface area contributed by atoms with E-state index in [1.807, 2.05) is 49.1 Å². The number of carbonyl (C=O) groups excluding carboxylic acids is 2. The Balaban J connectivity index is 2.92. The lowest BCUT2D eigenvalue weighted by molar-refractivity contribution is -0.130. The van der Waals surface area contributed by atoms with Gasteiger partial charge in [0.1, 0.15) is 11.0 Å². The highest BCUT2D eigenvalue weighted by atomic mass is 32.2. The summed E-state index contributed by atoms with van der Waals surface area (Å²) < 4.78 is 0. The highest BCUT2D eigenvalue weighted by Crippen LogP contribution is 2.30. The van der Waals surface area contributed by atoms with Gasteiger partial charge in [0.15, 0.2) is 0 Å². The lowest BCUT2D eigenvalue weighted by Gasteiger charge is -2.25. The van der Waals surface area contributed by atoms with E-state index in [1.54, 1.807) is 6.92 Å². The minimum absolute atomic E-state index is 0.0856. The van der Waals surface area contributed by atoms with Gasteiger partial charge in [-0.25, -0.2) is 0 Å². The number of ketones is 1. The van der Waals surface area contributed by atoms with E-state index in [-0.39, 0.29) is 16.9 Å². The molecule has 3 nitrogen and oxygen atoms in total. The molecule has 0 fully saturated rings. The third-order valence-electron chi connectivity index (χ3n) is 2.85. The van der Waals surface area contributed by atoms with E-state index in [2.05, 4.69) is 0 Å². The summed E-state index contributed by atoms with van der Waals surface area (Å²) in [6.45, 7) is 6.88. The van der Waals surface area contributed by atoms with Gasteiger partial charge in [-0.2, -0.15) is 0 Å². The van der Waals surface area contributed by atoms with E-state index >= 15 is 0 Å². The monoisotopic (exact) mass is 279 g/mol. The Morgan fingerprint density at radius 2 is 1.74 bits per heavy atom. The molecule has 0 aliphatic heterocycles. The molecule has 1 atom stereocenters. The Hall–Kier alpha value is -1.29. The average Bonchev–Trinajstić information content (AvgIpc) is 2.41. The molecule has 1 rings (SSSR count). The van der Waals surface area contributed by atoms with Crippen LogP contribution in [-0.4, -0.2) is 35.4 Å². The average molecular weight is 279 g/mol. The first-order chi connectivity index (χ1) is 9.10. The third kappa shape index (κ3) is 4.71. The largest absolute Gasteiger partial charge is 0.342 e. The highest BCUT2D eigenvalue weighted by Gasteiger charge is 2.25. The fourth-order valence-corrected chi connectivity index (χ4v) is 2.88. The second-order valence-corrected chi connectivity index (χ2v) is 5.41. The Bertz CT molecular complexity index is 415. The van der Waals surface area contributed by atoms with Crippen LogP contribution in [0.3, 0.4) is 0 Å². The SMILES string of the molecule is CCN(CC)C(=O)[C@@H](SCC(C)=O)c1ccccc1. The maximum Gasteiger partial charge on any atom is 0.240 e. The number of carbonyl (C=O) groups is 2. The molecule has 0 spiro atoms. The van der Waals surface area contributed by atoms with Crippen LogP contribution in [0.4, 0.5) is 0 Å². The quantitative estimate of drug-likeness (QED) is 0.770. The molecular weight excluding hydrogens is 258 g/mol. The van der Waals surface area contributed by atoms with Gasteiger partial charge in [0, 0.05) is 13.1 Å². The lowest BCUT2D eigenvalue weighted by Crippen LogP contribution is -2.34. The smallest absolute Gasteiger partial charge is 0.240 e. The molecule has 0 heterocycles. The van der Waals surface area contributed by atoms with Gasteiger partial charge in [0.25, 0.3) is 0 Å². The Kier molecular flexibility index (Phi) is 6.64.